The summed E-state index contributed by atoms with van der Waals surface area (Å²) in [6, 6.07) is 8.27. The molecule has 0 fully saturated rings. The number of nitrogens with zero attached hydrogens (tertiary/aromatic N) is 2. The molecule has 0 aliphatic rings. The van der Waals surface area contributed by atoms with Gasteiger partial charge in [-0.3, -0.25) is 10.1 Å². The molecule has 0 atom stereocenters. The quantitative estimate of drug-likeness (QED) is 0.627. The summed E-state index contributed by atoms with van der Waals surface area (Å²) >= 11 is 0. The van der Waals surface area contributed by atoms with Gasteiger partial charge in [-0.2, -0.15) is 0 Å². The van der Waals surface area contributed by atoms with Crippen LogP contribution in [0.1, 0.15) is 5.56 Å². The van der Waals surface area contributed by atoms with Crippen LogP contribution in [0, 0.1) is 10.1 Å². The fraction of sp³-hybridized carbons (Fsp3) is 0.0833. The molecule has 0 aliphatic carbocycles. The predicted molar refractivity (Wildman–Crippen MR) is 75.8 cm³/mol. The molecule has 9 heteroatoms. The number of anilines is 1. The molecule has 0 unspecified atom stereocenters. The van der Waals surface area contributed by atoms with Crippen molar-refractivity contribution in [3.8, 4) is 0 Å². The summed E-state index contributed by atoms with van der Waals surface area (Å²) in [5, 5.41) is 10.7. The topological polar surface area (TPSA) is 128 Å². The number of hydrogen-bond acceptors (Lipinski definition) is 6. The first kappa shape index (κ1) is 14.9. The Morgan fingerprint density at radius 3 is 2.71 bits per heavy atom. The summed E-state index contributed by atoms with van der Waals surface area (Å²) in [5.74, 6) is 0.0909. The number of pyridine rings is 1. The van der Waals surface area contributed by atoms with Crippen LogP contribution in [0.3, 0.4) is 0 Å². The van der Waals surface area contributed by atoms with Crippen LogP contribution >= 0.6 is 0 Å². The van der Waals surface area contributed by atoms with Crippen LogP contribution in [0.5, 0.6) is 0 Å². The van der Waals surface area contributed by atoms with E-state index in [2.05, 4.69) is 9.71 Å². The van der Waals surface area contributed by atoms with Gasteiger partial charge in [-0.25, -0.2) is 18.1 Å². The maximum Gasteiger partial charge on any atom is 0.269 e. The van der Waals surface area contributed by atoms with Crippen molar-refractivity contribution in [2.45, 2.75) is 11.4 Å². The van der Waals surface area contributed by atoms with Gasteiger partial charge in [-0.05, 0) is 11.6 Å². The van der Waals surface area contributed by atoms with Crippen LogP contribution in [0.15, 0.2) is 47.5 Å². The van der Waals surface area contributed by atoms with Gasteiger partial charge >= 0.3 is 0 Å². The monoisotopic (exact) mass is 308 g/mol. The normalized spacial score (nSPS) is 11.2. The molecule has 3 N–H and O–H groups in total. The minimum atomic E-state index is -3.75. The predicted octanol–water partition coefficient (Wildman–Crippen LogP) is 1.05. The second-order valence-electron chi connectivity index (χ2n) is 4.17. The molecule has 0 saturated heterocycles. The zero-order valence-electron chi connectivity index (χ0n) is 10.8. The Bertz CT molecular complexity index is 776. The number of benzene rings is 1. The van der Waals surface area contributed by atoms with Gasteiger partial charge in [0.15, 0.2) is 0 Å². The Balaban J connectivity index is 2.15. The van der Waals surface area contributed by atoms with Gasteiger partial charge in [0.05, 0.1) is 9.82 Å². The van der Waals surface area contributed by atoms with Crippen LogP contribution in [0.4, 0.5) is 11.5 Å². The van der Waals surface area contributed by atoms with Crippen molar-refractivity contribution in [1.82, 2.24) is 9.71 Å². The lowest BCUT2D eigenvalue weighted by atomic mass is 10.2. The maximum atomic E-state index is 12.0. The molecular formula is C12H12N4O4S. The van der Waals surface area contributed by atoms with Crippen molar-refractivity contribution in [3.63, 3.8) is 0 Å². The van der Waals surface area contributed by atoms with Gasteiger partial charge in [0, 0.05) is 30.9 Å². The van der Waals surface area contributed by atoms with Gasteiger partial charge in [-0.1, -0.05) is 12.1 Å². The average molecular weight is 308 g/mol. The van der Waals surface area contributed by atoms with Crippen molar-refractivity contribution in [2.24, 2.45) is 0 Å². The number of nitro benzene ring substituents is 1. The van der Waals surface area contributed by atoms with Crippen molar-refractivity contribution in [3.05, 3.63) is 58.3 Å². The molecule has 0 amide bonds. The number of rotatable bonds is 5. The molecule has 1 aromatic carbocycles. The molecule has 2 rings (SSSR count). The van der Waals surface area contributed by atoms with E-state index in [1.165, 1.54) is 36.5 Å². The van der Waals surface area contributed by atoms with Gasteiger partial charge in [-0.15, -0.1) is 0 Å². The first-order valence-corrected chi connectivity index (χ1v) is 7.31. The van der Waals surface area contributed by atoms with Crippen molar-refractivity contribution in [2.75, 3.05) is 5.73 Å². The zero-order chi connectivity index (χ0) is 15.5. The largest absolute Gasteiger partial charge is 0.384 e. The lowest BCUT2D eigenvalue weighted by molar-refractivity contribution is -0.384. The molecule has 1 aromatic heterocycles. The Hall–Kier alpha value is -2.52. The van der Waals surface area contributed by atoms with E-state index in [1.807, 2.05) is 0 Å². The molecule has 21 heavy (non-hydrogen) atoms. The fourth-order valence-corrected chi connectivity index (χ4v) is 2.68. The molecule has 2 aromatic rings. The molecule has 0 bridgehead atoms. The SMILES string of the molecule is Nc1cc(S(=O)(=O)NCc2cccc([N+](=O)[O-])c2)ccn1. The highest BCUT2D eigenvalue weighted by molar-refractivity contribution is 7.89. The van der Waals surface area contributed by atoms with E-state index in [-0.39, 0.29) is 22.9 Å². The molecule has 110 valence electrons. The fourth-order valence-electron chi connectivity index (χ4n) is 1.64. The number of hydrogen-bond donors (Lipinski definition) is 2. The lowest BCUT2D eigenvalue weighted by Crippen LogP contribution is -2.23. The number of aromatic nitrogens is 1. The summed E-state index contributed by atoms with van der Waals surface area (Å²) in [6.07, 6.45) is 1.29. The third-order valence-corrected chi connectivity index (χ3v) is 4.05. The van der Waals surface area contributed by atoms with Gasteiger partial charge in [0.25, 0.3) is 5.69 Å². The van der Waals surface area contributed by atoms with Crippen molar-refractivity contribution < 1.29 is 13.3 Å². The standard InChI is InChI=1S/C12H12N4O4S/c13-12-7-11(4-5-14-12)21(19,20)15-8-9-2-1-3-10(6-9)16(17)18/h1-7,15H,8H2,(H2,13,14). The van der Waals surface area contributed by atoms with E-state index in [0.29, 0.717) is 5.56 Å². The van der Waals surface area contributed by atoms with E-state index in [0.717, 1.165) is 0 Å². The molecule has 0 aliphatic heterocycles. The first-order valence-electron chi connectivity index (χ1n) is 5.83. The molecule has 1 heterocycles. The van der Waals surface area contributed by atoms with E-state index in [1.54, 1.807) is 6.07 Å². The van der Waals surface area contributed by atoms with E-state index in [4.69, 9.17) is 5.73 Å². The van der Waals surface area contributed by atoms with Gasteiger partial charge in [0.1, 0.15) is 5.82 Å². The maximum absolute atomic E-state index is 12.0. The van der Waals surface area contributed by atoms with Crippen molar-refractivity contribution >= 4 is 21.5 Å². The van der Waals surface area contributed by atoms with Crippen LogP contribution < -0.4 is 10.5 Å². The zero-order valence-corrected chi connectivity index (χ0v) is 11.6. The highest BCUT2D eigenvalue weighted by Gasteiger charge is 2.15. The van der Waals surface area contributed by atoms with E-state index < -0.39 is 14.9 Å². The van der Waals surface area contributed by atoms with Crippen LogP contribution in [0.25, 0.3) is 0 Å². The number of nitro groups is 1. The van der Waals surface area contributed by atoms with Crippen LogP contribution in [-0.4, -0.2) is 18.3 Å². The minimum Gasteiger partial charge on any atom is -0.384 e. The number of nitrogen functional groups attached to an aromatic ring is 1. The molecule has 0 radical (unpaired) electrons. The molecule has 0 spiro atoms. The van der Waals surface area contributed by atoms with Crippen LogP contribution in [-0.2, 0) is 16.6 Å². The second kappa shape index (κ2) is 5.85. The minimum absolute atomic E-state index is 0.0135. The molecule has 8 nitrogen and oxygen atoms in total. The summed E-state index contributed by atoms with van der Waals surface area (Å²) in [4.78, 5) is 13.8. The summed E-state index contributed by atoms with van der Waals surface area (Å²) in [5.41, 5.74) is 5.82. The third-order valence-electron chi connectivity index (χ3n) is 2.65. The number of sulfonamides is 1. The van der Waals surface area contributed by atoms with Crippen LogP contribution in [0.2, 0.25) is 0 Å². The van der Waals surface area contributed by atoms with Gasteiger partial charge in [0.2, 0.25) is 10.0 Å². The summed E-state index contributed by atoms with van der Waals surface area (Å²) in [6.45, 7) is -0.0633. The Kier molecular flexibility index (Phi) is 4.15. The highest BCUT2D eigenvalue weighted by atomic mass is 32.2. The second-order valence-corrected chi connectivity index (χ2v) is 5.93. The highest BCUT2D eigenvalue weighted by Crippen LogP contribution is 2.15. The molecule has 0 saturated carbocycles. The number of nitrogens with one attached hydrogen (secondary N) is 1. The van der Waals surface area contributed by atoms with Gasteiger partial charge < -0.3 is 5.73 Å². The van der Waals surface area contributed by atoms with E-state index in [9.17, 15) is 18.5 Å². The average Bonchev–Trinajstić information content (AvgIpc) is 2.45. The smallest absolute Gasteiger partial charge is 0.269 e. The summed E-state index contributed by atoms with van der Waals surface area (Å²) < 4.78 is 26.4. The number of non-ortho nitro benzene ring substituents is 1. The first-order chi connectivity index (χ1) is 9.88. The Morgan fingerprint density at radius 1 is 1.29 bits per heavy atom. The Labute approximate surface area is 120 Å². The number of nitrogens with two attached hydrogens (primary N) is 1. The summed E-state index contributed by atoms with van der Waals surface area (Å²) in [7, 11) is -3.75. The Morgan fingerprint density at radius 2 is 2.05 bits per heavy atom. The van der Waals surface area contributed by atoms with E-state index >= 15 is 0 Å². The molecular weight excluding hydrogens is 296 g/mol. The third kappa shape index (κ3) is 3.74. The van der Waals surface area contributed by atoms with Crippen molar-refractivity contribution in [1.29, 1.82) is 0 Å². The lowest BCUT2D eigenvalue weighted by Gasteiger charge is -2.07.